The van der Waals surface area contributed by atoms with Crippen LogP contribution < -0.4 is 0 Å². The number of halogens is 2. The zero-order valence-corrected chi connectivity index (χ0v) is 19.7. The van der Waals surface area contributed by atoms with E-state index in [0.29, 0.717) is 32.4 Å². The molecule has 0 aliphatic carbocycles. The van der Waals surface area contributed by atoms with Crippen LogP contribution >= 0.6 is 23.2 Å². The Bertz CT molecular complexity index is 883. The van der Waals surface area contributed by atoms with E-state index in [4.69, 9.17) is 27.9 Å². The summed E-state index contributed by atoms with van der Waals surface area (Å²) in [6, 6.07) is 2.78. The van der Waals surface area contributed by atoms with Crippen LogP contribution in [0.3, 0.4) is 0 Å². The molecular formula is C20H28Cl2N2O5S. The lowest BCUT2D eigenvalue weighted by molar-refractivity contribution is -0.135. The van der Waals surface area contributed by atoms with Gasteiger partial charge in [0.25, 0.3) is 0 Å². The van der Waals surface area contributed by atoms with Crippen molar-refractivity contribution in [1.29, 1.82) is 0 Å². The number of ether oxygens (including phenoxy) is 1. The second-order valence-corrected chi connectivity index (χ2v) is 11.2. The molecule has 0 unspecified atom stereocenters. The molecule has 2 heterocycles. The Hall–Kier alpha value is -0.900. The number of methoxy groups -OCH3 is 1. The van der Waals surface area contributed by atoms with Gasteiger partial charge in [-0.3, -0.25) is 4.79 Å². The van der Waals surface area contributed by atoms with E-state index in [0.717, 1.165) is 0 Å². The zero-order valence-electron chi connectivity index (χ0n) is 17.3. The number of aliphatic hydroxyl groups is 1. The predicted octanol–water partition coefficient (Wildman–Crippen LogP) is 2.78. The van der Waals surface area contributed by atoms with Gasteiger partial charge in [0.1, 0.15) is 6.04 Å². The Morgan fingerprint density at radius 3 is 2.40 bits per heavy atom. The molecule has 2 saturated heterocycles. The third kappa shape index (κ3) is 4.64. The molecule has 0 spiro atoms. The van der Waals surface area contributed by atoms with Crippen LogP contribution in [0.15, 0.2) is 23.1 Å². The number of nitrogens with zero attached hydrogens (tertiary/aromatic N) is 2. The first kappa shape index (κ1) is 23.8. The molecule has 2 fully saturated rings. The number of amides is 1. The maximum atomic E-state index is 13.7. The number of hydrogen-bond acceptors (Lipinski definition) is 5. The van der Waals surface area contributed by atoms with E-state index in [1.165, 1.54) is 22.5 Å². The lowest BCUT2D eigenvalue weighted by atomic mass is 9.80. The van der Waals surface area contributed by atoms with Crippen molar-refractivity contribution in [3.63, 3.8) is 0 Å². The molecule has 30 heavy (non-hydrogen) atoms. The number of rotatable bonds is 6. The molecule has 0 aromatic heterocycles. The van der Waals surface area contributed by atoms with Gasteiger partial charge >= 0.3 is 0 Å². The molecule has 1 amide bonds. The normalized spacial score (nSPS) is 26.0. The van der Waals surface area contributed by atoms with E-state index in [1.54, 1.807) is 25.9 Å². The van der Waals surface area contributed by atoms with Gasteiger partial charge in [0.15, 0.2) is 0 Å². The van der Waals surface area contributed by atoms with Crippen LogP contribution in [-0.4, -0.2) is 73.1 Å². The molecule has 7 nitrogen and oxygen atoms in total. The molecule has 1 aromatic rings. The summed E-state index contributed by atoms with van der Waals surface area (Å²) in [5.41, 5.74) is -1.19. The second-order valence-electron chi connectivity index (χ2n) is 8.49. The van der Waals surface area contributed by atoms with Gasteiger partial charge in [-0.15, -0.1) is 0 Å². The number of sulfonamides is 1. The first-order valence-corrected chi connectivity index (χ1v) is 12.2. The fourth-order valence-electron chi connectivity index (χ4n) is 4.52. The van der Waals surface area contributed by atoms with Crippen LogP contribution in [-0.2, 0) is 19.6 Å². The van der Waals surface area contributed by atoms with Crippen LogP contribution in [0, 0.1) is 5.92 Å². The van der Waals surface area contributed by atoms with Gasteiger partial charge in [0.2, 0.25) is 15.9 Å². The van der Waals surface area contributed by atoms with E-state index in [2.05, 4.69) is 0 Å². The summed E-state index contributed by atoms with van der Waals surface area (Å²) in [6.07, 6.45) is 1.68. The number of fused-ring (bicyclic) bond motifs is 2. The topological polar surface area (TPSA) is 87.2 Å². The summed E-state index contributed by atoms with van der Waals surface area (Å²) < 4.78 is 33.9. The summed E-state index contributed by atoms with van der Waals surface area (Å²) in [6.45, 7) is 4.24. The van der Waals surface area contributed by atoms with E-state index >= 15 is 0 Å². The minimum atomic E-state index is -4.09. The van der Waals surface area contributed by atoms with Crippen molar-refractivity contribution in [1.82, 2.24) is 9.21 Å². The number of carbonyl (C=O) groups excluding carboxylic acids is 1. The van der Waals surface area contributed by atoms with Crippen molar-refractivity contribution in [2.75, 3.05) is 26.8 Å². The molecule has 3 rings (SSSR count). The lowest BCUT2D eigenvalue weighted by Gasteiger charge is -2.43. The van der Waals surface area contributed by atoms with Gasteiger partial charge in [-0.2, -0.15) is 4.31 Å². The fourth-order valence-corrected chi connectivity index (χ4v) is 7.11. The quantitative estimate of drug-likeness (QED) is 0.678. The standard InChI is InChI=1S/C20H28Cl2N2O5S/c1-20(2,26)16-12-23(7-8-29-3)19(25)18-6-4-5-17(16)24(18)30(27,28)15-10-13(21)9-14(22)11-15/h9-11,16-18,26H,4-8,12H2,1-3H3/t16-,17+,18-/m0/s1. The minimum absolute atomic E-state index is 0.0514. The molecule has 1 N–H and O–H groups in total. The lowest BCUT2D eigenvalue weighted by Crippen LogP contribution is -2.57. The average molecular weight is 479 g/mol. The average Bonchev–Trinajstić information content (AvgIpc) is 2.71. The summed E-state index contributed by atoms with van der Waals surface area (Å²) >= 11 is 12.1. The fraction of sp³-hybridized carbons (Fsp3) is 0.650. The van der Waals surface area contributed by atoms with E-state index < -0.39 is 33.6 Å². The van der Waals surface area contributed by atoms with Crippen LogP contribution in [0.1, 0.15) is 33.1 Å². The predicted molar refractivity (Wildman–Crippen MR) is 115 cm³/mol. The van der Waals surface area contributed by atoms with Crippen molar-refractivity contribution in [3.05, 3.63) is 28.2 Å². The summed E-state index contributed by atoms with van der Waals surface area (Å²) in [5, 5.41) is 11.3. The van der Waals surface area contributed by atoms with Crippen LogP contribution in [0.25, 0.3) is 0 Å². The van der Waals surface area contributed by atoms with Gasteiger partial charge in [0.05, 0.1) is 17.1 Å². The Balaban J connectivity index is 2.13. The molecular weight excluding hydrogens is 451 g/mol. The zero-order chi connectivity index (χ0) is 22.3. The Labute approximate surface area is 187 Å². The Morgan fingerprint density at radius 2 is 1.83 bits per heavy atom. The Morgan fingerprint density at radius 1 is 1.20 bits per heavy atom. The summed E-state index contributed by atoms with van der Waals surface area (Å²) in [5.74, 6) is -0.728. The third-order valence-electron chi connectivity index (χ3n) is 5.97. The highest BCUT2D eigenvalue weighted by molar-refractivity contribution is 7.89. The maximum absolute atomic E-state index is 13.7. The SMILES string of the molecule is COCCN1C[C@H](C(C)(C)O)[C@H]2CCC[C@@H](C1=O)N2S(=O)(=O)c1cc(Cl)cc(Cl)c1. The van der Waals surface area contributed by atoms with Crippen molar-refractivity contribution in [2.24, 2.45) is 5.92 Å². The van der Waals surface area contributed by atoms with E-state index in [9.17, 15) is 18.3 Å². The molecule has 0 saturated carbocycles. The molecule has 1 aromatic carbocycles. The minimum Gasteiger partial charge on any atom is -0.390 e. The third-order valence-corrected chi connectivity index (χ3v) is 8.32. The number of carbonyl (C=O) groups is 1. The van der Waals surface area contributed by atoms with Crippen LogP contribution in [0.4, 0.5) is 0 Å². The van der Waals surface area contributed by atoms with Crippen molar-refractivity contribution < 1.29 is 23.1 Å². The van der Waals surface area contributed by atoms with E-state index in [-0.39, 0.29) is 27.4 Å². The van der Waals surface area contributed by atoms with Crippen molar-refractivity contribution >= 4 is 39.1 Å². The largest absolute Gasteiger partial charge is 0.390 e. The monoisotopic (exact) mass is 478 g/mol. The van der Waals surface area contributed by atoms with Crippen LogP contribution in [0.5, 0.6) is 0 Å². The molecule has 0 radical (unpaired) electrons. The second kappa shape index (κ2) is 8.92. The summed E-state index contributed by atoms with van der Waals surface area (Å²) in [7, 11) is -2.54. The van der Waals surface area contributed by atoms with Crippen molar-refractivity contribution in [2.45, 2.75) is 55.7 Å². The number of benzene rings is 1. The molecule has 2 bridgehead atoms. The van der Waals surface area contributed by atoms with Crippen molar-refractivity contribution in [3.8, 4) is 0 Å². The smallest absolute Gasteiger partial charge is 0.244 e. The van der Waals surface area contributed by atoms with Crippen LogP contribution in [0.2, 0.25) is 10.0 Å². The number of hydrogen-bond donors (Lipinski definition) is 1. The summed E-state index contributed by atoms with van der Waals surface area (Å²) in [4.78, 5) is 15.0. The first-order chi connectivity index (χ1) is 14.0. The van der Waals surface area contributed by atoms with Gasteiger partial charge in [-0.05, 0) is 51.3 Å². The number of piperidine rings is 1. The van der Waals surface area contributed by atoms with Gasteiger partial charge < -0.3 is 14.7 Å². The highest BCUT2D eigenvalue weighted by Crippen LogP contribution is 2.41. The molecule has 2 aliphatic rings. The maximum Gasteiger partial charge on any atom is 0.244 e. The first-order valence-electron chi connectivity index (χ1n) is 9.96. The molecule has 168 valence electrons. The van der Waals surface area contributed by atoms with Gasteiger partial charge in [0, 0.05) is 42.2 Å². The highest BCUT2D eigenvalue weighted by Gasteiger charge is 2.53. The van der Waals surface area contributed by atoms with Gasteiger partial charge in [-0.25, -0.2) is 8.42 Å². The van der Waals surface area contributed by atoms with Gasteiger partial charge in [-0.1, -0.05) is 23.2 Å². The highest BCUT2D eigenvalue weighted by atomic mass is 35.5. The molecule has 10 heteroatoms. The molecule has 3 atom stereocenters. The van der Waals surface area contributed by atoms with E-state index in [1.807, 2.05) is 0 Å². The Kier molecular flexibility index (Phi) is 7.06. The molecule has 2 aliphatic heterocycles.